The maximum absolute atomic E-state index is 10.3. The highest BCUT2D eigenvalue weighted by atomic mass is 16.5. The summed E-state index contributed by atoms with van der Waals surface area (Å²) in [6, 6.07) is 16.4. The maximum atomic E-state index is 10.3. The number of ether oxygens (including phenoxy) is 2. The molecule has 2 aromatic carbocycles. The summed E-state index contributed by atoms with van der Waals surface area (Å²) in [6.07, 6.45) is 8.00. The molecule has 4 aliphatic carbocycles. The molecule has 2 N–H and O–H groups in total. The van der Waals surface area contributed by atoms with E-state index in [0.29, 0.717) is 12.0 Å². The van der Waals surface area contributed by atoms with Crippen LogP contribution in [0.3, 0.4) is 0 Å². The first kappa shape index (κ1) is 19.7. The number of benzene rings is 2. The van der Waals surface area contributed by atoms with Crippen LogP contribution in [0.1, 0.15) is 44.1 Å². The summed E-state index contributed by atoms with van der Waals surface area (Å²) in [5.41, 5.74) is 2.89. The lowest BCUT2D eigenvalue weighted by Gasteiger charge is -2.57. The smallest absolute Gasteiger partial charge is 0.119 e. The summed E-state index contributed by atoms with van der Waals surface area (Å²) >= 11 is 0. The predicted octanol–water partition coefficient (Wildman–Crippen LogP) is 5.01. The minimum atomic E-state index is -0.574. The van der Waals surface area contributed by atoms with Gasteiger partial charge in [0.1, 0.15) is 24.2 Å². The van der Waals surface area contributed by atoms with Gasteiger partial charge in [-0.1, -0.05) is 12.1 Å². The fraction of sp³-hybridized carbons (Fsp3) is 0.538. The number of hydrogen-bond donors (Lipinski definition) is 2. The van der Waals surface area contributed by atoms with Gasteiger partial charge in [0, 0.05) is 12.2 Å². The van der Waals surface area contributed by atoms with E-state index in [-0.39, 0.29) is 6.61 Å². The Hall–Kier alpha value is -2.20. The van der Waals surface area contributed by atoms with Gasteiger partial charge in [-0.25, -0.2) is 0 Å². The van der Waals surface area contributed by atoms with Crippen LogP contribution in [0.4, 0.5) is 5.69 Å². The second-order valence-electron chi connectivity index (χ2n) is 9.80. The molecule has 0 heterocycles. The van der Waals surface area contributed by atoms with Crippen molar-refractivity contribution >= 4 is 5.69 Å². The summed E-state index contributed by atoms with van der Waals surface area (Å²) in [5.74, 6) is 4.54. The van der Waals surface area contributed by atoms with Gasteiger partial charge in [-0.2, -0.15) is 0 Å². The Labute approximate surface area is 179 Å². The standard InChI is InChI=1S/C26H33NO3/c1-29-24-8-4-22(5-9-24)27-16-23(28)17-30-25-6-2-21(3-7-25)26-13-18-10-19(14-26)12-20(11-18)15-26/h2-9,18-20,23,27-28H,10-17H2,1H3. The zero-order valence-corrected chi connectivity index (χ0v) is 17.8. The van der Waals surface area contributed by atoms with Gasteiger partial charge in [0.15, 0.2) is 0 Å². The highest BCUT2D eigenvalue weighted by Crippen LogP contribution is 2.60. The zero-order valence-electron chi connectivity index (χ0n) is 17.8. The average molecular weight is 408 g/mol. The monoisotopic (exact) mass is 407 g/mol. The molecule has 0 saturated heterocycles. The van der Waals surface area contributed by atoms with Gasteiger partial charge in [0.05, 0.1) is 7.11 Å². The molecule has 2 aromatic rings. The molecule has 30 heavy (non-hydrogen) atoms. The molecule has 0 aliphatic heterocycles. The molecule has 4 aliphatic rings. The van der Waals surface area contributed by atoms with Crippen molar-refractivity contribution in [1.82, 2.24) is 0 Å². The first-order valence-corrected chi connectivity index (χ1v) is 11.4. The third-order valence-corrected chi connectivity index (χ3v) is 7.58. The van der Waals surface area contributed by atoms with E-state index in [4.69, 9.17) is 9.47 Å². The number of aliphatic hydroxyl groups is 1. The molecule has 0 spiro atoms. The summed E-state index contributed by atoms with van der Waals surface area (Å²) in [6.45, 7) is 0.720. The van der Waals surface area contributed by atoms with Crippen LogP contribution >= 0.6 is 0 Å². The van der Waals surface area contributed by atoms with Crippen molar-refractivity contribution < 1.29 is 14.6 Å². The molecule has 0 radical (unpaired) electrons. The van der Waals surface area contributed by atoms with Crippen LogP contribution in [0.2, 0.25) is 0 Å². The second kappa shape index (κ2) is 8.14. The molecule has 0 aromatic heterocycles. The number of methoxy groups -OCH3 is 1. The molecular weight excluding hydrogens is 374 g/mol. The van der Waals surface area contributed by atoms with Crippen molar-refractivity contribution in [1.29, 1.82) is 0 Å². The third kappa shape index (κ3) is 4.02. The van der Waals surface area contributed by atoms with Gasteiger partial charge in [-0.15, -0.1) is 0 Å². The summed E-state index contributed by atoms with van der Waals surface area (Å²) in [7, 11) is 1.65. The van der Waals surface area contributed by atoms with E-state index in [1.54, 1.807) is 7.11 Å². The highest BCUT2D eigenvalue weighted by Gasteiger charge is 2.51. The van der Waals surface area contributed by atoms with Gasteiger partial charge < -0.3 is 19.9 Å². The molecule has 4 bridgehead atoms. The van der Waals surface area contributed by atoms with E-state index in [9.17, 15) is 5.11 Å². The first-order chi connectivity index (χ1) is 14.6. The third-order valence-electron chi connectivity index (χ3n) is 7.58. The molecular formula is C26H33NO3. The normalized spacial score (nSPS) is 30.1. The van der Waals surface area contributed by atoms with Crippen molar-refractivity contribution in [3.8, 4) is 11.5 Å². The fourth-order valence-electron chi connectivity index (χ4n) is 6.56. The maximum Gasteiger partial charge on any atom is 0.119 e. The van der Waals surface area contributed by atoms with Gasteiger partial charge in [0.25, 0.3) is 0 Å². The Kier molecular flexibility index (Phi) is 5.36. The van der Waals surface area contributed by atoms with E-state index in [2.05, 4.69) is 29.6 Å². The molecule has 4 heteroatoms. The van der Waals surface area contributed by atoms with Crippen LogP contribution in [-0.4, -0.2) is 31.5 Å². The lowest BCUT2D eigenvalue weighted by Crippen LogP contribution is -2.48. The van der Waals surface area contributed by atoms with Crippen LogP contribution in [0.15, 0.2) is 48.5 Å². The Balaban J connectivity index is 1.13. The van der Waals surface area contributed by atoms with Crippen molar-refractivity contribution in [2.75, 3.05) is 25.6 Å². The quantitative estimate of drug-likeness (QED) is 0.645. The van der Waals surface area contributed by atoms with Gasteiger partial charge >= 0.3 is 0 Å². The lowest BCUT2D eigenvalue weighted by atomic mass is 9.48. The topological polar surface area (TPSA) is 50.7 Å². The van der Waals surface area contributed by atoms with Gasteiger partial charge in [0.2, 0.25) is 0 Å². The minimum absolute atomic E-state index is 0.278. The van der Waals surface area contributed by atoms with E-state index >= 15 is 0 Å². The number of hydrogen-bond acceptors (Lipinski definition) is 4. The zero-order chi connectivity index (χ0) is 20.6. The number of anilines is 1. The highest BCUT2D eigenvalue weighted by molar-refractivity contribution is 5.46. The van der Waals surface area contributed by atoms with Gasteiger partial charge in [-0.3, -0.25) is 0 Å². The Morgan fingerprint density at radius 2 is 1.47 bits per heavy atom. The predicted molar refractivity (Wildman–Crippen MR) is 119 cm³/mol. The Morgan fingerprint density at radius 3 is 2.03 bits per heavy atom. The molecule has 4 fully saturated rings. The average Bonchev–Trinajstić information content (AvgIpc) is 2.76. The van der Waals surface area contributed by atoms with E-state index in [1.807, 2.05) is 24.3 Å². The van der Waals surface area contributed by atoms with E-state index in [1.165, 1.54) is 44.1 Å². The van der Waals surface area contributed by atoms with Gasteiger partial charge in [-0.05, 0) is 104 Å². The summed E-state index contributed by atoms with van der Waals surface area (Å²) in [4.78, 5) is 0. The minimum Gasteiger partial charge on any atom is -0.497 e. The molecule has 4 nitrogen and oxygen atoms in total. The summed E-state index contributed by atoms with van der Waals surface area (Å²) < 4.78 is 11.0. The number of aliphatic hydroxyl groups excluding tert-OH is 1. The van der Waals surface area contributed by atoms with Crippen LogP contribution in [-0.2, 0) is 5.41 Å². The molecule has 6 rings (SSSR count). The second-order valence-corrected chi connectivity index (χ2v) is 9.80. The van der Waals surface area contributed by atoms with Crippen LogP contribution < -0.4 is 14.8 Å². The first-order valence-electron chi connectivity index (χ1n) is 11.4. The van der Waals surface area contributed by atoms with Crippen molar-refractivity contribution in [3.63, 3.8) is 0 Å². The van der Waals surface area contributed by atoms with Crippen LogP contribution in [0.5, 0.6) is 11.5 Å². The van der Waals surface area contributed by atoms with Crippen molar-refractivity contribution in [2.45, 2.75) is 50.0 Å². The van der Waals surface area contributed by atoms with Crippen molar-refractivity contribution in [2.24, 2.45) is 17.8 Å². The Bertz CT molecular complexity index is 810. The SMILES string of the molecule is COc1ccc(NCC(O)COc2ccc(C34CC5CC(CC(C5)C3)C4)cc2)cc1. The summed E-state index contributed by atoms with van der Waals surface area (Å²) in [5, 5.41) is 13.5. The molecule has 1 atom stereocenters. The van der Waals surface area contributed by atoms with Crippen LogP contribution in [0, 0.1) is 17.8 Å². The fourth-order valence-corrected chi connectivity index (χ4v) is 6.56. The molecule has 1 unspecified atom stereocenters. The van der Waals surface area contributed by atoms with Crippen LogP contribution in [0.25, 0.3) is 0 Å². The Morgan fingerprint density at radius 1 is 0.900 bits per heavy atom. The molecule has 160 valence electrons. The number of nitrogens with one attached hydrogen (secondary N) is 1. The largest absolute Gasteiger partial charge is 0.497 e. The molecule has 0 amide bonds. The lowest BCUT2D eigenvalue weighted by molar-refractivity contribution is -0.00521. The van der Waals surface area contributed by atoms with E-state index in [0.717, 1.165) is 34.9 Å². The van der Waals surface area contributed by atoms with Crippen molar-refractivity contribution in [3.05, 3.63) is 54.1 Å². The van der Waals surface area contributed by atoms with E-state index < -0.39 is 6.10 Å². The molecule has 4 saturated carbocycles. The number of rotatable bonds is 8.